The van der Waals surface area contributed by atoms with Gasteiger partial charge in [-0.05, 0) is 69.6 Å². The molecule has 13 heteroatoms. The second kappa shape index (κ2) is 10.8. The average Bonchev–Trinajstić information content (AvgIpc) is 3.51. The van der Waals surface area contributed by atoms with Gasteiger partial charge in [-0.1, -0.05) is 68.3 Å². The number of nitrogens with zero attached hydrogens (tertiary/aromatic N) is 3. The van der Waals surface area contributed by atoms with E-state index >= 15 is 0 Å². The molecule has 0 saturated carbocycles. The number of ether oxygens (including phenoxy) is 2. The number of halogens is 2. The van der Waals surface area contributed by atoms with Crippen LogP contribution in [0.5, 0.6) is 0 Å². The number of methoxy groups -OCH3 is 2. The van der Waals surface area contributed by atoms with Crippen LogP contribution in [0.4, 0.5) is 11.4 Å². The van der Waals surface area contributed by atoms with Gasteiger partial charge in [0.2, 0.25) is 0 Å². The van der Waals surface area contributed by atoms with Gasteiger partial charge in [-0.15, -0.1) is 0 Å². The smallest absolute Gasteiger partial charge is 0.354 e. The van der Waals surface area contributed by atoms with Gasteiger partial charge in [0.05, 0.1) is 41.1 Å². The van der Waals surface area contributed by atoms with Crippen molar-refractivity contribution in [1.29, 1.82) is 0 Å². The largest absolute Gasteiger partial charge is 0.466 e. The van der Waals surface area contributed by atoms with E-state index in [2.05, 4.69) is 31.9 Å². The molecule has 0 aromatic heterocycles. The van der Waals surface area contributed by atoms with Crippen molar-refractivity contribution in [2.75, 3.05) is 20.8 Å². The number of nitro groups is 2. The maximum atomic E-state index is 14.4. The Hall–Kier alpha value is -4.88. The lowest BCUT2D eigenvalue weighted by atomic mass is 9.54. The Kier molecular flexibility index (Phi) is 7.10. The number of esters is 2. The number of non-ortho nitro benzene ring substituents is 2. The molecule has 1 spiro atoms. The van der Waals surface area contributed by atoms with Crippen LogP contribution < -0.4 is 0 Å². The molecule has 0 N–H and O–H groups in total. The Morgan fingerprint density at radius 1 is 0.766 bits per heavy atom. The van der Waals surface area contributed by atoms with Crippen molar-refractivity contribution < 1.29 is 28.9 Å². The topological polar surface area (TPSA) is 142 Å². The molecule has 236 valence electrons. The van der Waals surface area contributed by atoms with Crippen LogP contribution in [0, 0.1) is 20.2 Å². The van der Waals surface area contributed by atoms with E-state index in [0.29, 0.717) is 32.1 Å². The number of fused-ring (bicyclic) bond motifs is 9. The quantitative estimate of drug-likeness (QED) is 0.123. The molecule has 1 unspecified atom stereocenters. The molecule has 1 aliphatic carbocycles. The van der Waals surface area contributed by atoms with Crippen LogP contribution in [-0.2, 0) is 36.4 Å². The third-order valence-electron chi connectivity index (χ3n) is 9.41. The first kappa shape index (κ1) is 30.8. The summed E-state index contributed by atoms with van der Waals surface area (Å²) in [6.07, 6.45) is 0.427. The third-order valence-corrected chi connectivity index (χ3v) is 10.4. The van der Waals surface area contributed by atoms with Crippen LogP contribution >= 0.6 is 31.9 Å². The maximum absolute atomic E-state index is 14.4. The van der Waals surface area contributed by atoms with Crippen molar-refractivity contribution >= 4 is 55.2 Å². The summed E-state index contributed by atoms with van der Waals surface area (Å²) in [7, 11) is 2.42. The fraction of sp³-hybridized carbons (Fsp3) is 0.176. The van der Waals surface area contributed by atoms with Crippen LogP contribution in [0.15, 0.2) is 99.1 Å². The zero-order valence-electron chi connectivity index (χ0n) is 24.8. The molecule has 11 nitrogen and oxygen atoms in total. The Morgan fingerprint density at radius 2 is 1.32 bits per heavy atom. The van der Waals surface area contributed by atoms with Crippen LogP contribution in [0.2, 0.25) is 0 Å². The fourth-order valence-corrected chi connectivity index (χ4v) is 8.67. The fourth-order valence-electron chi connectivity index (χ4n) is 7.94. The van der Waals surface area contributed by atoms with Crippen molar-refractivity contribution in [3.63, 3.8) is 0 Å². The minimum atomic E-state index is -1.67. The molecule has 4 aromatic carbocycles. The molecular weight excluding hydrogens is 738 g/mol. The second-order valence-corrected chi connectivity index (χ2v) is 13.2. The van der Waals surface area contributed by atoms with Crippen LogP contribution in [0.3, 0.4) is 0 Å². The minimum absolute atomic E-state index is 0.0473. The number of hydrogen-bond donors (Lipinski definition) is 0. The van der Waals surface area contributed by atoms with Crippen LogP contribution in [-0.4, -0.2) is 47.4 Å². The number of rotatable bonds is 5. The third kappa shape index (κ3) is 3.96. The van der Waals surface area contributed by atoms with Gasteiger partial charge in [-0.25, -0.2) is 9.59 Å². The number of nitro benzene ring substituents is 2. The van der Waals surface area contributed by atoms with E-state index in [1.165, 1.54) is 26.4 Å². The second-order valence-electron chi connectivity index (χ2n) is 11.4. The molecule has 4 aromatic rings. The van der Waals surface area contributed by atoms with Crippen molar-refractivity contribution in [3.05, 3.63) is 147 Å². The van der Waals surface area contributed by atoms with Gasteiger partial charge in [0.1, 0.15) is 11.2 Å². The molecule has 1 atom stereocenters. The predicted octanol–water partition coefficient (Wildman–Crippen LogP) is 6.71. The highest BCUT2D eigenvalue weighted by Gasteiger charge is 2.73. The van der Waals surface area contributed by atoms with Gasteiger partial charge >= 0.3 is 11.9 Å². The molecule has 0 saturated heterocycles. The first-order valence-corrected chi connectivity index (χ1v) is 15.9. The predicted molar refractivity (Wildman–Crippen MR) is 176 cm³/mol. The van der Waals surface area contributed by atoms with Gasteiger partial charge < -0.3 is 14.4 Å². The lowest BCUT2D eigenvalue weighted by molar-refractivity contribution is -0.394. The highest BCUT2D eigenvalue weighted by atomic mass is 79.9. The standard InChI is InChI=1S/C34H23Br2N3O8/c1-46-31(40)29-30(32(41)47-2)37-12-11-18-5-3-4-6-26(18)34(37,19-13-22(38(42)43)17-23(14-19)39(44)45)33(29)27-15-20(35)7-9-24(27)25-10-8-21(36)16-28(25)33/h3-10,13-17H,11-12H2,1-2H3. The molecule has 7 rings (SSSR count). The molecule has 2 heterocycles. The molecule has 3 aliphatic rings. The molecule has 0 fully saturated rings. The average molecular weight is 761 g/mol. The van der Waals surface area contributed by atoms with Gasteiger partial charge in [0.25, 0.3) is 11.4 Å². The summed E-state index contributed by atoms with van der Waals surface area (Å²) in [6, 6.07) is 22.2. The summed E-state index contributed by atoms with van der Waals surface area (Å²) in [5.74, 6) is -1.65. The maximum Gasteiger partial charge on any atom is 0.354 e. The Morgan fingerprint density at radius 3 is 1.85 bits per heavy atom. The summed E-state index contributed by atoms with van der Waals surface area (Å²) in [5.41, 5.74) is -0.242. The van der Waals surface area contributed by atoms with E-state index in [9.17, 15) is 29.8 Å². The van der Waals surface area contributed by atoms with E-state index in [4.69, 9.17) is 9.47 Å². The summed E-state index contributed by atoms with van der Waals surface area (Å²) in [4.78, 5) is 53.6. The zero-order valence-corrected chi connectivity index (χ0v) is 28.0. The number of hydrogen-bond acceptors (Lipinski definition) is 9. The van der Waals surface area contributed by atoms with E-state index in [1.807, 2.05) is 54.6 Å². The number of benzene rings is 4. The van der Waals surface area contributed by atoms with Crippen LogP contribution in [0.1, 0.15) is 27.8 Å². The van der Waals surface area contributed by atoms with E-state index in [1.54, 1.807) is 11.0 Å². The lowest BCUT2D eigenvalue weighted by Crippen LogP contribution is -2.59. The van der Waals surface area contributed by atoms with E-state index in [0.717, 1.165) is 22.8 Å². The highest BCUT2D eigenvalue weighted by Crippen LogP contribution is 2.71. The molecule has 0 bridgehead atoms. The van der Waals surface area contributed by atoms with Crippen molar-refractivity contribution in [3.8, 4) is 11.1 Å². The van der Waals surface area contributed by atoms with Gasteiger partial charge in [-0.3, -0.25) is 20.2 Å². The number of carbonyl (C=O) groups excluding carboxylic acids is 2. The molecule has 2 aliphatic heterocycles. The summed E-state index contributed by atoms with van der Waals surface area (Å²) in [6.45, 7) is 0.160. The minimum Gasteiger partial charge on any atom is -0.466 e. The van der Waals surface area contributed by atoms with E-state index < -0.39 is 44.1 Å². The zero-order chi connectivity index (χ0) is 33.4. The van der Waals surface area contributed by atoms with E-state index in [-0.39, 0.29) is 23.4 Å². The SMILES string of the molecule is COC(=O)C1=C(C(=O)OC)C2(c3cc(Br)ccc3-c3ccc(Br)cc32)C2(c3cc([N+](=O)[O-])cc([N+](=O)[O-])c3)c3ccccc3CCN12. The Balaban J connectivity index is 1.83. The Bertz CT molecular complexity index is 2050. The normalized spacial score (nSPS) is 18.3. The van der Waals surface area contributed by atoms with Gasteiger partial charge in [0.15, 0.2) is 0 Å². The molecule has 0 radical (unpaired) electrons. The number of carbonyl (C=O) groups is 2. The van der Waals surface area contributed by atoms with Gasteiger partial charge in [-0.2, -0.15) is 0 Å². The summed E-state index contributed by atoms with van der Waals surface area (Å²) >= 11 is 7.23. The molecule has 0 amide bonds. The first-order chi connectivity index (χ1) is 22.5. The van der Waals surface area contributed by atoms with Crippen molar-refractivity contribution in [2.24, 2.45) is 0 Å². The highest BCUT2D eigenvalue weighted by molar-refractivity contribution is 9.10. The van der Waals surface area contributed by atoms with Crippen molar-refractivity contribution in [1.82, 2.24) is 4.90 Å². The summed E-state index contributed by atoms with van der Waals surface area (Å²) in [5, 5.41) is 24.8. The summed E-state index contributed by atoms with van der Waals surface area (Å²) < 4.78 is 12.1. The first-order valence-electron chi connectivity index (χ1n) is 14.3. The molecule has 47 heavy (non-hydrogen) atoms. The van der Waals surface area contributed by atoms with Crippen molar-refractivity contribution in [2.45, 2.75) is 17.4 Å². The monoisotopic (exact) mass is 759 g/mol. The lowest BCUT2D eigenvalue weighted by Gasteiger charge is -2.54. The van der Waals surface area contributed by atoms with Crippen LogP contribution in [0.25, 0.3) is 11.1 Å². The molecular formula is C34H23Br2N3O8. The Labute approximate surface area is 284 Å². The van der Waals surface area contributed by atoms with Gasteiger partial charge in [0, 0.05) is 27.6 Å².